The number of fused-ring (bicyclic) bond motifs is 2. The van der Waals surface area contributed by atoms with Gasteiger partial charge in [0.15, 0.2) is 0 Å². The maximum absolute atomic E-state index is 6.38. The molecule has 1 saturated heterocycles. The molecule has 0 bridgehead atoms. The maximum atomic E-state index is 6.38. The SMILES string of the molecule is Cc1nc([C@@H]2C[C@]3(C[C@H](C)N2)OCCc2cc(Cl)sc23)cn1C. The van der Waals surface area contributed by atoms with E-state index in [0.717, 1.165) is 41.7 Å². The Morgan fingerprint density at radius 1 is 1.48 bits per heavy atom. The average molecular weight is 352 g/mol. The van der Waals surface area contributed by atoms with Crippen molar-refractivity contribution in [1.82, 2.24) is 14.9 Å². The molecule has 1 spiro atoms. The van der Waals surface area contributed by atoms with Crippen molar-refractivity contribution in [3.8, 4) is 0 Å². The number of halogens is 1. The number of imidazole rings is 1. The average Bonchev–Trinajstić information content (AvgIpc) is 3.02. The monoisotopic (exact) mass is 351 g/mol. The molecule has 2 aromatic heterocycles. The van der Waals surface area contributed by atoms with E-state index in [9.17, 15) is 0 Å². The van der Waals surface area contributed by atoms with Gasteiger partial charge in [-0.2, -0.15) is 0 Å². The second-order valence-corrected chi connectivity index (χ2v) is 8.53. The highest BCUT2D eigenvalue weighted by molar-refractivity contribution is 7.16. The minimum atomic E-state index is -0.216. The summed E-state index contributed by atoms with van der Waals surface area (Å²) in [7, 11) is 2.04. The minimum absolute atomic E-state index is 0.213. The zero-order valence-electron chi connectivity index (χ0n) is 13.7. The summed E-state index contributed by atoms with van der Waals surface area (Å²) in [6, 6.07) is 2.71. The fourth-order valence-corrected chi connectivity index (χ4v) is 5.47. The van der Waals surface area contributed by atoms with Gasteiger partial charge in [0.2, 0.25) is 0 Å². The number of aromatic nitrogens is 2. The van der Waals surface area contributed by atoms with Crippen molar-refractivity contribution >= 4 is 22.9 Å². The molecule has 0 aromatic carbocycles. The molecule has 23 heavy (non-hydrogen) atoms. The third-order valence-corrected chi connectivity index (χ3v) is 6.57. The van der Waals surface area contributed by atoms with Crippen LogP contribution in [0.4, 0.5) is 0 Å². The lowest BCUT2D eigenvalue weighted by Gasteiger charge is -2.45. The number of hydrogen-bond donors (Lipinski definition) is 1. The van der Waals surface area contributed by atoms with E-state index in [1.807, 2.05) is 14.0 Å². The van der Waals surface area contributed by atoms with E-state index in [-0.39, 0.29) is 11.6 Å². The second kappa shape index (κ2) is 5.59. The largest absolute Gasteiger partial charge is 0.369 e. The van der Waals surface area contributed by atoms with Crippen molar-refractivity contribution in [1.29, 1.82) is 0 Å². The Hall–Kier alpha value is -0.880. The van der Waals surface area contributed by atoms with Gasteiger partial charge in [-0.1, -0.05) is 11.6 Å². The normalized spacial score (nSPS) is 30.6. The first-order valence-electron chi connectivity index (χ1n) is 8.15. The number of piperidine rings is 1. The highest BCUT2D eigenvalue weighted by atomic mass is 35.5. The Bertz CT molecular complexity index is 721. The predicted molar refractivity (Wildman–Crippen MR) is 93.2 cm³/mol. The van der Waals surface area contributed by atoms with Crippen molar-refractivity contribution < 1.29 is 4.74 Å². The first kappa shape index (κ1) is 15.6. The summed E-state index contributed by atoms with van der Waals surface area (Å²) in [5, 5.41) is 3.70. The van der Waals surface area contributed by atoms with Gasteiger partial charge in [0.25, 0.3) is 0 Å². The van der Waals surface area contributed by atoms with Crippen LogP contribution >= 0.6 is 22.9 Å². The van der Waals surface area contributed by atoms with E-state index < -0.39 is 0 Å². The summed E-state index contributed by atoms with van der Waals surface area (Å²) >= 11 is 7.99. The standard InChI is InChI=1S/C17H22ClN3OS/c1-10-7-17(16-12(4-5-22-17)6-15(18)23-16)8-13(19-10)14-9-21(3)11(2)20-14/h6,9-10,13,19H,4-5,7-8H2,1-3H3/t10-,13-,17-/m0/s1. The van der Waals surface area contributed by atoms with Crippen molar-refractivity contribution in [3.05, 3.63) is 38.6 Å². The molecule has 2 aromatic rings. The van der Waals surface area contributed by atoms with Crippen molar-refractivity contribution in [3.63, 3.8) is 0 Å². The van der Waals surface area contributed by atoms with E-state index >= 15 is 0 Å². The molecule has 3 atom stereocenters. The lowest BCUT2D eigenvalue weighted by Crippen LogP contribution is -2.49. The van der Waals surface area contributed by atoms with Gasteiger partial charge in [0.1, 0.15) is 11.4 Å². The number of nitrogens with one attached hydrogen (secondary N) is 1. The molecule has 0 saturated carbocycles. The number of hydrogen-bond acceptors (Lipinski definition) is 4. The highest BCUT2D eigenvalue weighted by Crippen LogP contribution is 2.49. The van der Waals surface area contributed by atoms with Crippen molar-refractivity contribution in [2.24, 2.45) is 7.05 Å². The third kappa shape index (κ3) is 2.64. The third-order valence-electron chi connectivity index (χ3n) is 5.08. The van der Waals surface area contributed by atoms with Gasteiger partial charge >= 0.3 is 0 Å². The first-order chi connectivity index (χ1) is 11.0. The van der Waals surface area contributed by atoms with E-state index in [0.29, 0.717) is 6.04 Å². The molecule has 2 aliphatic rings. The minimum Gasteiger partial charge on any atom is -0.369 e. The predicted octanol–water partition coefficient (Wildman–Crippen LogP) is 3.72. The Kier molecular flexibility index (Phi) is 3.80. The van der Waals surface area contributed by atoms with Crippen LogP contribution in [-0.4, -0.2) is 22.2 Å². The Labute approximate surface area is 145 Å². The van der Waals surface area contributed by atoms with Gasteiger partial charge < -0.3 is 14.6 Å². The molecule has 6 heteroatoms. The molecule has 124 valence electrons. The zero-order chi connectivity index (χ0) is 16.2. The van der Waals surface area contributed by atoms with E-state index in [1.54, 1.807) is 11.3 Å². The van der Waals surface area contributed by atoms with Crippen LogP contribution in [0.1, 0.15) is 47.8 Å². The smallest absolute Gasteiger partial charge is 0.106 e. The van der Waals surface area contributed by atoms with Crippen LogP contribution in [0, 0.1) is 6.92 Å². The fraction of sp³-hybridized carbons (Fsp3) is 0.588. The Morgan fingerprint density at radius 3 is 3.04 bits per heavy atom. The molecule has 4 rings (SSSR count). The lowest BCUT2D eigenvalue weighted by molar-refractivity contribution is -0.0957. The number of rotatable bonds is 1. The molecule has 0 unspecified atom stereocenters. The molecule has 0 aliphatic carbocycles. The zero-order valence-corrected chi connectivity index (χ0v) is 15.3. The van der Waals surface area contributed by atoms with E-state index in [4.69, 9.17) is 21.3 Å². The van der Waals surface area contributed by atoms with Crippen LogP contribution in [0.2, 0.25) is 4.34 Å². The quantitative estimate of drug-likeness (QED) is 0.851. The topological polar surface area (TPSA) is 39.1 Å². The molecule has 1 fully saturated rings. The first-order valence-corrected chi connectivity index (χ1v) is 9.35. The summed E-state index contributed by atoms with van der Waals surface area (Å²) in [5.41, 5.74) is 2.26. The second-order valence-electron chi connectivity index (χ2n) is 6.85. The van der Waals surface area contributed by atoms with E-state index in [1.165, 1.54) is 10.4 Å². The summed E-state index contributed by atoms with van der Waals surface area (Å²) in [6.07, 6.45) is 5.00. The van der Waals surface area contributed by atoms with Gasteiger partial charge in [-0.3, -0.25) is 0 Å². The van der Waals surface area contributed by atoms with E-state index in [2.05, 4.69) is 29.1 Å². The maximum Gasteiger partial charge on any atom is 0.106 e. The molecule has 0 radical (unpaired) electrons. The molecular formula is C17H22ClN3OS. The molecule has 4 nitrogen and oxygen atoms in total. The molecule has 2 aliphatic heterocycles. The van der Waals surface area contributed by atoms with Crippen LogP contribution in [0.15, 0.2) is 12.3 Å². The van der Waals surface area contributed by atoms with Crippen LogP contribution < -0.4 is 5.32 Å². The summed E-state index contributed by atoms with van der Waals surface area (Å²) in [5.74, 6) is 1.04. The number of thiophene rings is 1. The van der Waals surface area contributed by atoms with Gasteiger partial charge in [0.05, 0.1) is 22.7 Å². The summed E-state index contributed by atoms with van der Waals surface area (Å²) < 4.78 is 9.34. The number of aryl methyl sites for hydroxylation is 2. The molecular weight excluding hydrogens is 330 g/mol. The van der Waals surface area contributed by atoms with Crippen molar-refractivity contribution in [2.45, 2.75) is 50.8 Å². The Morgan fingerprint density at radius 2 is 2.30 bits per heavy atom. The molecule has 0 amide bonds. The summed E-state index contributed by atoms with van der Waals surface area (Å²) in [4.78, 5) is 6.06. The van der Waals surface area contributed by atoms with Crippen LogP contribution in [0.3, 0.4) is 0 Å². The van der Waals surface area contributed by atoms with Gasteiger partial charge in [0, 0.05) is 30.6 Å². The number of ether oxygens (including phenoxy) is 1. The van der Waals surface area contributed by atoms with Crippen molar-refractivity contribution in [2.75, 3.05) is 6.61 Å². The fourth-order valence-electron chi connectivity index (χ4n) is 4.00. The van der Waals surface area contributed by atoms with Gasteiger partial charge in [-0.05, 0) is 38.3 Å². The Balaban J connectivity index is 1.72. The number of nitrogens with zero attached hydrogens (tertiary/aromatic N) is 2. The lowest BCUT2D eigenvalue weighted by atomic mass is 9.79. The highest BCUT2D eigenvalue weighted by Gasteiger charge is 2.46. The van der Waals surface area contributed by atoms with Gasteiger partial charge in [-0.15, -0.1) is 11.3 Å². The molecule has 1 N–H and O–H groups in total. The van der Waals surface area contributed by atoms with Gasteiger partial charge in [-0.25, -0.2) is 4.98 Å². The summed E-state index contributed by atoms with van der Waals surface area (Å²) in [6.45, 7) is 5.05. The van der Waals surface area contributed by atoms with Crippen LogP contribution in [-0.2, 0) is 23.8 Å². The van der Waals surface area contributed by atoms with Crippen LogP contribution in [0.5, 0.6) is 0 Å². The van der Waals surface area contributed by atoms with Crippen LogP contribution in [0.25, 0.3) is 0 Å². The molecule has 4 heterocycles.